The topological polar surface area (TPSA) is 66.4 Å². The molecule has 1 atom stereocenters. The van der Waals surface area contributed by atoms with Crippen LogP contribution in [0.5, 0.6) is 0 Å². The van der Waals surface area contributed by atoms with Crippen LogP contribution in [0, 0.1) is 13.8 Å². The lowest BCUT2D eigenvalue weighted by Crippen LogP contribution is -2.41. The average molecular weight is 287 g/mol. The molecule has 18 heavy (non-hydrogen) atoms. The summed E-state index contributed by atoms with van der Waals surface area (Å²) in [5.74, 6) is -0.578. The molecule has 4 nitrogen and oxygen atoms in total. The van der Waals surface area contributed by atoms with Crippen molar-refractivity contribution < 1.29 is 14.7 Å². The van der Waals surface area contributed by atoms with Crippen LogP contribution in [0.3, 0.4) is 0 Å². The van der Waals surface area contributed by atoms with Crippen LogP contribution < -0.4 is 5.32 Å². The Morgan fingerprint density at radius 3 is 2.61 bits per heavy atom. The van der Waals surface area contributed by atoms with Crippen LogP contribution in [-0.4, -0.2) is 35.0 Å². The summed E-state index contributed by atoms with van der Waals surface area (Å²) in [4.78, 5) is 25.0. The van der Waals surface area contributed by atoms with E-state index in [0.29, 0.717) is 17.7 Å². The van der Waals surface area contributed by atoms with E-state index in [0.717, 1.165) is 9.75 Å². The fraction of sp³-hybridized carbons (Fsp3) is 0.500. The van der Waals surface area contributed by atoms with Crippen molar-refractivity contribution in [2.45, 2.75) is 26.3 Å². The Bertz CT molecular complexity index is 443. The van der Waals surface area contributed by atoms with Crippen molar-refractivity contribution in [2.24, 2.45) is 0 Å². The van der Waals surface area contributed by atoms with Crippen molar-refractivity contribution in [2.75, 3.05) is 12.0 Å². The number of carbonyl (C=O) groups is 2. The number of amides is 1. The number of hydrogen-bond donors (Lipinski definition) is 2. The molecular formula is C12H17NO3S2. The van der Waals surface area contributed by atoms with Gasteiger partial charge in [0.05, 0.1) is 5.56 Å². The fourth-order valence-corrected chi connectivity index (χ4v) is 2.98. The summed E-state index contributed by atoms with van der Waals surface area (Å²) in [6.45, 7) is 3.79. The van der Waals surface area contributed by atoms with Crippen LogP contribution >= 0.6 is 23.1 Å². The van der Waals surface area contributed by atoms with E-state index >= 15 is 0 Å². The smallest absolute Gasteiger partial charge is 0.326 e. The molecule has 0 unspecified atom stereocenters. The zero-order valence-electron chi connectivity index (χ0n) is 10.6. The van der Waals surface area contributed by atoms with Gasteiger partial charge in [0.25, 0.3) is 5.91 Å². The maximum atomic E-state index is 12.0. The van der Waals surface area contributed by atoms with E-state index in [-0.39, 0.29) is 5.91 Å². The van der Waals surface area contributed by atoms with Crippen molar-refractivity contribution in [3.63, 3.8) is 0 Å². The van der Waals surface area contributed by atoms with E-state index in [4.69, 9.17) is 5.11 Å². The number of thiophene rings is 1. The standard InChI is InChI=1S/C12H17NO3S2/c1-7-6-9(8(2)18-7)11(14)13-10(12(15)16)4-5-17-3/h6,10H,4-5H2,1-3H3,(H,13,14)(H,15,16)/t10-/m0/s1. The van der Waals surface area contributed by atoms with Crippen LogP contribution in [0.25, 0.3) is 0 Å². The summed E-state index contributed by atoms with van der Waals surface area (Å²) in [6, 6.07) is 0.979. The number of aliphatic carboxylic acids is 1. The van der Waals surface area contributed by atoms with Crippen molar-refractivity contribution in [3.05, 3.63) is 21.4 Å². The lowest BCUT2D eigenvalue weighted by atomic mass is 10.2. The third kappa shape index (κ3) is 4.03. The van der Waals surface area contributed by atoms with E-state index in [1.54, 1.807) is 17.8 Å². The highest BCUT2D eigenvalue weighted by Crippen LogP contribution is 2.20. The second-order valence-electron chi connectivity index (χ2n) is 3.97. The largest absolute Gasteiger partial charge is 0.480 e. The first-order valence-corrected chi connectivity index (χ1v) is 7.76. The highest BCUT2D eigenvalue weighted by molar-refractivity contribution is 7.98. The van der Waals surface area contributed by atoms with Gasteiger partial charge in [0.15, 0.2) is 0 Å². The normalized spacial score (nSPS) is 12.2. The Morgan fingerprint density at radius 2 is 2.17 bits per heavy atom. The fourth-order valence-electron chi connectivity index (χ4n) is 1.59. The second kappa shape index (κ2) is 6.80. The van der Waals surface area contributed by atoms with Crippen molar-refractivity contribution in [1.29, 1.82) is 0 Å². The molecule has 0 radical (unpaired) electrons. The van der Waals surface area contributed by atoms with Gasteiger partial charge in [0, 0.05) is 9.75 Å². The van der Waals surface area contributed by atoms with E-state index in [2.05, 4.69) is 5.32 Å². The van der Waals surface area contributed by atoms with Gasteiger partial charge in [-0.15, -0.1) is 11.3 Å². The quantitative estimate of drug-likeness (QED) is 0.842. The minimum atomic E-state index is -0.984. The Kier molecular flexibility index (Phi) is 5.68. The third-order valence-electron chi connectivity index (χ3n) is 2.50. The molecular weight excluding hydrogens is 270 g/mol. The van der Waals surface area contributed by atoms with E-state index < -0.39 is 12.0 Å². The molecule has 0 aliphatic rings. The van der Waals surface area contributed by atoms with Crippen LogP contribution in [0.15, 0.2) is 6.07 Å². The van der Waals surface area contributed by atoms with Gasteiger partial charge < -0.3 is 10.4 Å². The number of aryl methyl sites for hydroxylation is 2. The molecule has 100 valence electrons. The minimum Gasteiger partial charge on any atom is -0.480 e. The lowest BCUT2D eigenvalue weighted by molar-refractivity contribution is -0.139. The van der Waals surface area contributed by atoms with Crippen LogP contribution in [-0.2, 0) is 4.79 Å². The predicted molar refractivity (Wildman–Crippen MR) is 75.7 cm³/mol. The molecule has 0 fully saturated rings. The van der Waals surface area contributed by atoms with Crippen LogP contribution in [0.2, 0.25) is 0 Å². The van der Waals surface area contributed by atoms with Gasteiger partial charge >= 0.3 is 5.97 Å². The maximum absolute atomic E-state index is 12.0. The Morgan fingerprint density at radius 1 is 1.50 bits per heavy atom. The minimum absolute atomic E-state index is 0.301. The molecule has 1 amide bonds. The molecule has 1 aromatic heterocycles. The van der Waals surface area contributed by atoms with Gasteiger partial charge in [0.1, 0.15) is 6.04 Å². The first-order chi connectivity index (χ1) is 8.45. The lowest BCUT2D eigenvalue weighted by Gasteiger charge is -2.13. The highest BCUT2D eigenvalue weighted by atomic mass is 32.2. The molecule has 0 aromatic carbocycles. The number of carboxylic acids is 1. The first-order valence-electron chi connectivity index (χ1n) is 5.55. The number of carbonyl (C=O) groups excluding carboxylic acids is 1. The van der Waals surface area contributed by atoms with Crippen molar-refractivity contribution in [1.82, 2.24) is 5.32 Å². The summed E-state index contributed by atoms with van der Waals surface area (Å²) in [5, 5.41) is 11.6. The van der Waals surface area contributed by atoms with Gasteiger partial charge in [-0.1, -0.05) is 0 Å². The molecule has 1 rings (SSSR count). The summed E-state index contributed by atoms with van der Waals surface area (Å²) in [6.07, 6.45) is 2.34. The zero-order chi connectivity index (χ0) is 13.7. The van der Waals surface area contributed by atoms with E-state index in [1.807, 2.05) is 20.1 Å². The molecule has 0 aliphatic heterocycles. The predicted octanol–water partition coefficient (Wildman–Crippen LogP) is 2.30. The molecule has 0 saturated carbocycles. The van der Waals surface area contributed by atoms with Crippen LogP contribution in [0.4, 0.5) is 0 Å². The number of rotatable bonds is 6. The third-order valence-corrected chi connectivity index (χ3v) is 4.11. The van der Waals surface area contributed by atoms with Gasteiger partial charge in [-0.2, -0.15) is 11.8 Å². The Balaban J connectivity index is 2.72. The molecule has 2 N–H and O–H groups in total. The SMILES string of the molecule is CSCC[C@H](NC(=O)c1cc(C)sc1C)C(=O)O. The second-order valence-corrected chi connectivity index (χ2v) is 6.42. The van der Waals surface area contributed by atoms with Gasteiger partial charge in [-0.05, 0) is 38.3 Å². The molecule has 1 aromatic rings. The van der Waals surface area contributed by atoms with Crippen molar-refractivity contribution in [3.8, 4) is 0 Å². The summed E-state index contributed by atoms with van der Waals surface area (Å²) in [5.41, 5.74) is 0.577. The molecule has 6 heteroatoms. The van der Waals surface area contributed by atoms with Crippen LogP contribution in [0.1, 0.15) is 26.5 Å². The first kappa shape index (κ1) is 15.0. The molecule has 1 heterocycles. The Hall–Kier alpha value is -1.01. The van der Waals surface area contributed by atoms with Gasteiger partial charge in [0.2, 0.25) is 0 Å². The molecule has 0 bridgehead atoms. The molecule has 0 saturated heterocycles. The van der Waals surface area contributed by atoms with Gasteiger partial charge in [-0.25, -0.2) is 4.79 Å². The van der Waals surface area contributed by atoms with E-state index in [9.17, 15) is 9.59 Å². The molecule has 0 spiro atoms. The van der Waals surface area contributed by atoms with Gasteiger partial charge in [-0.3, -0.25) is 4.79 Å². The zero-order valence-corrected chi connectivity index (χ0v) is 12.3. The number of thioether (sulfide) groups is 1. The highest BCUT2D eigenvalue weighted by Gasteiger charge is 2.21. The average Bonchev–Trinajstić information content (AvgIpc) is 2.63. The summed E-state index contributed by atoms with van der Waals surface area (Å²) >= 11 is 3.10. The number of hydrogen-bond acceptors (Lipinski definition) is 4. The number of carboxylic acid groups (broad SMARTS) is 1. The summed E-state index contributed by atoms with van der Waals surface area (Å²) in [7, 11) is 0. The Labute approximate surface area is 115 Å². The summed E-state index contributed by atoms with van der Waals surface area (Å²) < 4.78 is 0. The maximum Gasteiger partial charge on any atom is 0.326 e. The molecule has 0 aliphatic carbocycles. The monoisotopic (exact) mass is 287 g/mol. The number of nitrogens with one attached hydrogen (secondary N) is 1. The van der Waals surface area contributed by atoms with E-state index in [1.165, 1.54) is 11.3 Å². The van der Waals surface area contributed by atoms with Crippen molar-refractivity contribution >= 4 is 35.0 Å².